The quantitative estimate of drug-likeness (QED) is 0.709. The summed E-state index contributed by atoms with van der Waals surface area (Å²) in [6.45, 7) is 0.461. The largest absolute Gasteiger partial charge is 0.481 e. The number of aliphatic carboxylic acids is 1. The van der Waals surface area contributed by atoms with E-state index in [1.807, 2.05) is 0 Å². The van der Waals surface area contributed by atoms with Gasteiger partial charge in [-0.25, -0.2) is 4.79 Å². The summed E-state index contributed by atoms with van der Waals surface area (Å²) in [5.74, 6) is -1.37. The lowest BCUT2D eigenvalue weighted by Crippen LogP contribution is -2.59. The number of carboxylic acid groups (broad SMARTS) is 1. The number of morpholine rings is 1. The SMILES string of the molecule is O=C(O)CCCC(=O)N1CC2CCC1C(=O)O2. The van der Waals surface area contributed by atoms with Gasteiger partial charge in [-0.15, -0.1) is 0 Å². The van der Waals surface area contributed by atoms with Gasteiger partial charge in [0.15, 0.2) is 0 Å². The summed E-state index contributed by atoms with van der Waals surface area (Å²) in [7, 11) is 0. The molecule has 3 heterocycles. The Bertz CT molecular complexity index is 354. The number of carbonyl (C=O) groups excluding carboxylic acids is 2. The van der Waals surface area contributed by atoms with Crippen molar-refractivity contribution < 1.29 is 24.2 Å². The molecule has 17 heavy (non-hydrogen) atoms. The minimum Gasteiger partial charge on any atom is -0.481 e. The van der Waals surface area contributed by atoms with Crippen LogP contribution in [0.15, 0.2) is 0 Å². The van der Waals surface area contributed by atoms with Gasteiger partial charge in [0, 0.05) is 12.8 Å². The second-order valence-corrected chi connectivity index (χ2v) is 4.45. The first-order valence-electron chi connectivity index (χ1n) is 5.79. The normalized spacial score (nSPS) is 26.8. The fourth-order valence-corrected chi connectivity index (χ4v) is 2.33. The van der Waals surface area contributed by atoms with Crippen molar-refractivity contribution in [2.24, 2.45) is 0 Å². The molecule has 94 valence electrons. The molecule has 3 aliphatic heterocycles. The third kappa shape index (κ3) is 2.57. The standard InChI is InChI=1S/C11H15NO5/c13-9(2-1-3-10(14)15)12-6-7-4-5-8(12)11(16)17-7/h7-8H,1-6H2,(H,14,15). The first kappa shape index (κ1) is 11.9. The monoisotopic (exact) mass is 241 g/mol. The number of rotatable bonds is 4. The molecular weight excluding hydrogens is 226 g/mol. The van der Waals surface area contributed by atoms with E-state index >= 15 is 0 Å². The Morgan fingerprint density at radius 2 is 2.12 bits per heavy atom. The van der Waals surface area contributed by atoms with Crippen LogP contribution in [0.5, 0.6) is 0 Å². The molecule has 2 unspecified atom stereocenters. The maximum absolute atomic E-state index is 11.8. The number of hydrogen-bond acceptors (Lipinski definition) is 4. The molecule has 3 rings (SSSR count). The van der Waals surface area contributed by atoms with E-state index < -0.39 is 12.0 Å². The van der Waals surface area contributed by atoms with Crippen LogP contribution in [0.2, 0.25) is 0 Å². The van der Waals surface area contributed by atoms with Crippen LogP contribution in [-0.2, 0) is 19.1 Å². The minimum absolute atomic E-state index is 0.0158. The first-order chi connectivity index (χ1) is 8.08. The number of piperidine rings is 1. The summed E-state index contributed by atoms with van der Waals surface area (Å²) >= 11 is 0. The molecule has 3 saturated heterocycles. The van der Waals surface area contributed by atoms with Crippen LogP contribution in [0, 0.1) is 0 Å². The zero-order valence-electron chi connectivity index (χ0n) is 9.42. The first-order valence-corrected chi connectivity index (χ1v) is 5.79. The van der Waals surface area contributed by atoms with Crippen LogP contribution in [0.25, 0.3) is 0 Å². The number of esters is 1. The van der Waals surface area contributed by atoms with Crippen LogP contribution in [0.3, 0.4) is 0 Å². The van der Waals surface area contributed by atoms with Crippen molar-refractivity contribution in [2.75, 3.05) is 6.54 Å². The summed E-state index contributed by atoms with van der Waals surface area (Å²) in [5, 5.41) is 8.48. The highest BCUT2D eigenvalue weighted by molar-refractivity contribution is 5.86. The van der Waals surface area contributed by atoms with Gasteiger partial charge in [-0.3, -0.25) is 9.59 Å². The summed E-state index contributed by atoms with van der Waals surface area (Å²) in [4.78, 5) is 35.2. The van der Waals surface area contributed by atoms with Gasteiger partial charge in [-0.2, -0.15) is 0 Å². The van der Waals surface area contributed by atoms with E-state index in [0.29, 0.717) is 19.4 Å². The van der Waals surface area contributed by atoms with Crippen LogP contribution in [0.1, 0.15) is 32.1 Å². The van der Waals surface area contributed by atoms with E-state index in [1.54, 1.807) is 4.90 Å². The van der Waals surface area contributed by atoms with E-state index in [1.165, 1.54) is 0 Å². The van der Waals surface area contributed by atoms with Crippen molar-refractivity contribution in [3.05, 3.63) is 0 Å². The topological polar surface area (TPSA) is 83.9 Å². The zero-order chi connectivity index (χ0) is 12.4. The van der Waals surface area contributed by atoms with Gasteiger partial charge < -0.3 is 14.7 Å². The number of ether oxygens (including phenoxy) is 1. The summed E-state index contributed by atoms with van der Waals surface area (Å²) in [6, 6.07) is -0.447. The third-order valence-corrected chi connectivity index (χ3v) is 3.20. The highest BCUT2D eigenvalue weighted by Crippen LogP contribution is 2.27. The van der Waals surface area contributed by atoms with E-state index in [9.17, 15) is 14.4 Å². The number of fused-ring (bicyclic) bond motifs is 3. The highest BCUT2D eigenvalue weighted by Gasteiger charge is 2.43. The Morgan fingerprint density at radius 3 is 2.71 bits per heavy atom. The zero-order valence-corrected chi connectivity index (χ0v) is 9.42. The number of carboxylic acids is 1. The van der Waals surface area contributed by atoms with Gasteiger partial charge in [0.2, 0.25) is 5.91 Å². The Balaban J connectivity index is 1.87. The summed E-state index contributed by atoms with van der Waals surface area (Å²) in [5.41, 5.74) is 0. The maximum atomic E-state index is 11.8. The van der Waals surface area contributed by atoms with E-state index in [4.69, 9.17) is 9.84 Å². The Hall–Kier alpha value is -1.59. The van der Waals surface area contributed by atoms with Gasteiger partial charge >= 0.3 is 11.9 Å². The lowest BCUT2D eigenvalue weighted by atomic mass is 9.96. The van der Waals surface area contributed by atoms with Gasteiger partial charge in [-0.1, -0.05) is 0 Å². The molecule has 6 heteroatoms. The molecule has 6 nitrogen and oxygen atoms in total. The molecule has 0 aromatic rings. The summed E-state index contributed by atoms with van der Waals surface area (Å²) in [6.07, 6.45) is 1.79. The van der Waals surface area contributed by atoms with Gasteiger partial charge in [0.05, 0.1) is 6.54 Å². The lowest BCUT2D eigenvalue weighted by Gasteiger charge is -2.43. The highest BCUT2D eigenvalue weighted by atomic mass is 16.6. The number of amides is 1. The van der Waals surface area contributed by atoms with E-state index in [0.717, 1.165) is 6.42 Å². The molecule has 0 aromatic carbocycles. The molecule has 0 aliphatic carbocycles. The molecule has 1 amide bonds. The van der Waals surface area contributed by atoms with Crippen LogP contribution in [0.4, 0.5) is 0 Å². The average molecular weight is 241 g/mol. The van der Waals surface area contributed by atoms with Crippen molar-refractivity contribution in [1.29, 1.82) is 0 Å². The molecule has 3 aliphatic rings. The van der Waals surface area contributed by atoms with E-state index in [2.05, 4.69) is 0 Å². The predicted octanol–water partition coefficient (Wildman–Crippen LogP) is 0.158. The fourth-order valence-electron chi connectivity index (χ4n) is 2.33. The molecule has 0 saturated carbocycles. The van der Waals surface area contributed by atoms with E-state index in [-0.39, 0.29) is 30.8 Å². The second kappa shape index (κ2) is 4.73. The summed E-state index contributed by atoms with van der Waals surface area (Å²) < 4.78 is 5.08. The molecule has 0 aromatic heterocycles. The van der Waals surface area contributed by atoms with Gasteiger partial charge in [-0.05, 0) is 19.3 Å². The van der Waals surface area contributed by atoms with Crippen molar-refractivity contribution in [3.8, 4) is 0 Å². The van der Waals surface area contributed by atoms with Crippen LogP contribution in [-0.4, -0.2) is 46.5 Å². The van der Waals surface area contributed by atoms with Crippen molar-refractivity contribution in [1.82, 2.24) is 4.90 Å². The van der Waals surface area contributed by atoms with Crippen LogP contribution < -0.4 is 0 Å². The second-order valence-electron chi connectivity index (χ2n) is 4.45. The Labute approximate surface area is 98.5 Å². The van der Waals surface area contributed by atoms with Crippen LogP contribution >= 0.6 is 0 Å². The molecular formula is C11H15NO5. The molecule has 0 radical (unpaired) electrons. The van der Waals surface area contributed by atoms with Crippen molar-refractivity contribution in [2.45, 2.75) is 44.2 Å². The average Bonchev–Trinajstić information content (AvgIpc) is 2.28. The molecule has 2 atom stereocenters. The molecule has 3 fully saturated rings. The Kier molecular flexibility index (Phi) is 3.31. The minimum atomic E-state index is -0.905. The molecule has 2 bridgehead atoms. The smallest absolute Gasteiger partial charge is 0.329 e. The van der Waals surface area contributed by atoms with Crippen molar-refractivity contribution >= 4 is 17.8 Å². The fraction of sp³-hybridized carbons (Fsp3) is 0.727. The number of hydrogen-bond donors (Lipinski definition) is 1. The molecule has 1 N–H and O–H groups in total. The Morgan fingerprint density at radius 1 is 1.35 bits per heavy atom. The van der Waals surface area contributed by atoms with Gasteiger partial charge in [0.1, 0.15) is 12.1 Å². The lowest BCUT2D eigenvalue weighted by molar-refractivity contribution is -0.181. The van der Waals surface area contributed by atoms with Crippen molar-refractivity contribution in [3.63, 3.8) is 0 Å². The third-order valence-electron chi connectivity index (χ3n) is 3.20. The maximum Gasteiger partial charge on any atom is 0.329 e. The van der Waals surface area contributed by atoms with Gasteiger partial charge in [0.25, 0.3) is 0 Å². The number of carbonyl (C=O) groups is 3. The predicted molar refractivity (Wildman–Crippen MR) is 56.1 cm³/mol. The number of nitrogens with zero attached hydrogens (tertiary/aromatic N) is 1. The molecule has 0 spiro atoms.